The molecule has 6 heteroatoms. The number of methoxy groups -OCH3 is 1. The summed E-state index contributed by atoms with van der Waals surface area (Å²) in [5, 5.41) is 3.70. The molecule has 1 spiro atoms. The fourth-order valence-electron chi connectivity index (χ4n) is 4.32. The van der Waals surface area contributed by atoms with Crippen LogP contribution in [-0.2, 0) is 16.1 Å². The fraction of sp³-hybridized carbons (Fsp3) is 0.391. The Labute approximate surface area is 171 Å². The van der Waals surface area contributed by atoms with Crippen LogP contribution in [0.5, 0.6) is 0 Å². The Morgan fingerprint density at radius 3 is 2.48 bits per heavy atom. The zero-order valence-electron chi connectivity index (χ0n) is 16.8. The van der Waals surface area contributed by atoms with E-state index in [1.165, 1.54) is 7.11 Å². The van der Waals surface area contributed by atoms with Gasteiger partial charge in [0.05, 0.1) is 19.1 Å². The van der Waals surface area contributed by atoms with Crippen LogP contribution in [0.2, 0.25) is 0 Å². The summed E-state index contributed by atoms with van der Waals surface area (Å²) in [4.78, 5) is 29.2. The molecule has 2 aliphatic rings. The van der Waals surface area contributed by atoms with Gasteiger partial charge in [0, 0.05) is 44.7 Å². The molecule has 1 saturated heterocycles. The molecule has 152 valence electrons. The number of amides is 1. The fourth-order valence-corrected chi connectivity index (χ4v) is 4.32. The van der Waals surface area contributed by atoms with Crippen molar-refractivity contribution in [1.29, 1.82) is 0 Å². The van der Waals surface area contributed by atoms with E-state index in [1.807, 2.05) is 47.4 Å². The number of nitrogens with one attached hydrogen (secondary N) is 1. The Bertz CT molecular complexity index is 876. The molecular formula is C23H27N3O3. The molecule has 1 N–H and O–H groups in total. The van der Waals surface area contributed by atoms with Gasteiger partial charge in [0.15, 0.2) is 0 Å². The van der Waals surface area contributed by atoms with Gasteiger partial charge in [-0.1, -0.05) is 42.5 Å². The number of benzene rings is 2. The summed E-state index contributed by atoms with van der Waals surface area (Å²) in [7, 11) is 1.42. The first-order valence-electron chi connectivity index (χ1n) is 10.1. The van der Waals surface area contributed by atoms with Gasteiger partial charge >= 0.3 is 5.97 Å². The summed E-state index contributed by atoms with van der Waals surface area (Å²) in [6.07, 6.45) is 2.01. The predicted molar refractivity (Wildman–Crippen MR) is 111 cm³/mol. The second kappa shape index (κ2) is 8.25. The van der Waals surface area contributed by atoms with E-state index in [1.54, 1.807) is 0 Å². The molecule has 2 heterocycles. The third-order valence-corrected chi connectivity index (χ3v) is 6.01. The van der Waals surface area contributed by atoms with Crippen molar-refractivity contribution in [3.63, 3.8) is 0 Å². The van der Waals surface area contributed by atoms with Crippen molar-refractivity contribution in [2.24, 2.45) is 0 Å². The second-order valence-electron chi connectivity index (χ2n) is 7.75. The standard InChI is InChI=1S/C23H27N3O3/c1-29-21(27)11-14-25-15-12-23(13-16-25)24-20-10-6-5-9-19(20)22(28)26(23)17-18-7-3-2-4-8-18/h2-10,24H,11-17H2,1H3. The van der Waals surface area contributed by atoms with Crippen LogP contribution >= 0.6 is 0 Å². The highest BCUT2D eigenvalue weighted by Crippen LogP contribution is 2.38. The molecule has 0 aromatic heterocycles. The normalized spacial score (nSPS) is 18.2. The lowest BCUT2D eigenvalue weighted by Gasteiger charge is -2.52. The molecular weight excluding hydrogens is 366 g/mol. The maximum atomic E-state index is 13.4. The minimum absolute atomic E-state index is 0.0752. The highest BCUT2D eigenvalue weighted by atomic mass is 16.5. The van der Waals surface area contributed by atoms with Gasteiger partial charge in [-0.2, -0.15) is 0 Å². The molecule has 29 heavy (non-hydrogen) atoms. The zero-order valence-corrected chi connectivity index (χ0v) is 16.8. The Morgan fingerprint density at radius 2 is 1.76 bits per heavy atom. The second-order valence-corrected chi connectivity index (χ2v) is 7.75. The minimum Gasteiger partial charge on any atom is -0.469 e. The Hall–Kier alpha value is -2.86. The van der Waals surface area contributed by atoms with Crippen molar-refractivity contribution in [2.75, 3.05) is 32.1 Å². The van der Waals surface area contributed by atoms with Crippen LogP contribution in [0.25, 0.3) is 0 Å². The van der Waals surface area contributed by atoms with Crippen molar-refractivity contribution in [3.05, 3.63) is 65.7 Å². The summed E-state index contributed by atoms with van der Waals surface area (Å²) in [5.74, 6) is -0.109. The van der Waals surface area contributed by atoms with Crippen LogP contribution in [0.15, 0.2) is 54.6 Å². The first kappa shape index (κ1) is 19.5. The van der Waals surface area contributed by atoms with Gasteiger partial charge in [0.2, 0.25) is 0 Å². The Kier molecular flexibility index (Phi) is 5.53. The largest absolute Gasteiger partial charge is 0.469 e. The van der Waals surface area contributed by atoms with E-state index in [2.05, 4.69) is 22.3 Å². The number of esters is 1. The number of fused-ring (bicyclic) bond motifs is 1. The monoisotopic (exact) mass is 393 g/mol. The zero-order chi connectivity index (χ0) is 20.3. The van der Waals surface area contributed by atoms with E-state index < -0.39 is 5.66 Å². The van der Waals surface area contributed by atoms with Crippen LogP contribution in [0.1, 0.15) is 35.2 Å². The topological polar surface area (TPSA) is 61.9 Å². The van der Waals surface area contributed by atoms with Gasteiger partial charge in [0.1, 0.15) is 5.66 Å². The summed E-state index contributed by atoms with van der Waals surface area (Å²) in [5.41, 5.74) is 2.34. The van der Waals surface area contributed by atoms with Crippen molar-refractivity contribution in [1.82, 2.24) is 9.80 Å². The number of hydrogen-bond donors (Lipinski definition) is 1. The van der Waals surface area contributed by atoms with Crippen molar-refractivity contribution >= 4 is 17.6 Å². The number of carbonyl (C=O) groups is 2. The number of piperidine rings is 1. The molecule has 1 amide bonds. The van der Waals surface area contributed by atoms with Gasteiger partial charge in [-0.25, -0.2) is 0 Å². The number of anilines is 1. The predicted octanol–water partition coefficient (Wildman–Crippen LogP) is 3.11. The molecule has 2 aromatic carbocycles. The average molecular weight is 393 g/mol. The van der Waals surface area contributed by atoms with Crippen molar-refractivity contribution in [3.8, 4) is 0 Å². The van der Waals surface area contributed by atoms with Gasteiger partial charge in [-0.05, 0) is 17.7 Å². The third kappa shape index (κ3) is 3.98. The molecule has 2 aromatic rings. The lowest BCUT2D eigenvalue weighted by atomic mass is 9.89. The van der Waals surface area contributed by atoms with Gasteiger partial charge in [-0.3, -0.25) is 9.59 Å². The summed E-state index contributed by atoms with van der Waals surface area (Å²) in [6, 6.07) is 17.9. The van der Waals surface area contributed by atoms with Crippen LogP contribution in [-0.4, -0.2) is 54.1 Å². The lowest BCUT2D eigenvalue weighted by Crippen LogP contribution is -2.63. The number of nitrogens with zero attached hydrogens (tertiary/aromatic N) is 2. The molecule has 4 rings (SSSR count). The number of ether oxygens (including phenoxy) is 1. The molecule has 0 aliphatic carbocycles. The highest BCUT2D eigenvalue weighted by Gasteiger charge is 2.46. The molecule has 0 saturated carbocycles. The van der Waals surface area contributed by atoms with E-state index in [9.17, 15) is 9.59 Å². The molecule has 2 aliphatic heterocycles. The average Bonchev–Trinajstić information content (AvgIpc) is 2.77. The summed E-state index contributed by atoms with van der Waals surface area (Å²) < 4.78 is 4.76. The van der Waals surface area contributed by atoms with Crippen LogP contribution in [0.4, 0.5) is 5.69 Å². The Balaban J connectivity index is 1.56. The van der Waals surface area contributed by atoms with Crippen molar-refractivity contribution in [2.45, 2.75) is 31.5 Å². The van der Waals surface area contributed by atoms with E-state index >= 15 is 0 Å². The number of rotatable bonds is 5. The van der Waals surface area contributed by atoms with Gasteiger partial charge in [0.25, 0.3) is 5.91 Å². The molecule has 0 bridgehead atoms. The van der Waals surface area contributed by atoms with Crippen LogP contribution in [0, 0.1) is 0 Å². The Morgan fingerprint density at radius 1 is 1.07 bits per heavy atom. The molecule has 0 atom stereocenters. The lowest BCUT2D eigenvalue weighted by molar-refractivity contribution is -0.141. The quantitative estimate of drug-likeness (QED) is 0.791. The number of hydrogen-bond acceptors (Lipinski definition) is 5. The minimum atomic E-state index is -0.414. The number of carbonyl (C=O) groups excluding carboxylic acids is 2. The van der Waals surface area contributed by atoms with E-state index in [-0.39, 0.29) is 11.9 Å². The third-order valence-electron chi connectivity index (χ3n) is 6.01. The first-order valence-corrected chi connectivity index (χ1v) is 10.1. The summed E-state index contributed by atoms with van der Waals surface area (Å²) >= 11 is 0. The number of likely N-dealkylation sites (tertiary alicyclic amines) is 1. The summed E-state index contributed by atoms with van der Waals surface area (Å²) in [6.45, 7) is 2.91. The molecule has 0 unspecified atom stereocenters. The van der Waals surface area contributed by atoms with Gasteiger partial charge in [-0.15, -0.1) is 0 Å². The molecule has 0 radical (unpaired) electrons. The first-order chi connectivity index (χ1) is 14.1. The van der Waals surface area contributed by atoms with E-state index in [4.69, 9.17) is 4.74 Å². The van der Waals surface area contributed by atoms with E-state index in [0.717, 1.165) is 42.7 Å². The smallest absolute Gasteiger partial charge is 0.306 e. The number of para-hydroxylation sites is 1. The SMILES string of the molecule is COC(=O)CCN1CCC2(CC1)Nc1ccccc1C(=O)N2Cc1ccccc1. The molecule has 6 nitrogen and oxygen atoms in total. The molecule has 1 fully saturated rings. The maximum absolute atomic E-state index is 13.4. The van der Waals surface area contributed by atoms with Crippen LogP contribution in [0.3, 0.4) is 0 Å². The van der Waals surface area contributed by atoms with Crippen LogP contribution < -0.4 is 5.32 Å². The highest BCUT2D eigenvalue weighted by molar-refractivity contribution is 6.02. The van der Waals surface area contributed by atoms with Crippen molar-refractivity contribution < 1.29 is 14.3 Å². The maximum Gasteiger partial charge on any atom is 0.306 e. The van der Waals surface area contributed by atoms with E-state index in [0.29, 0.717) is 19.5 Å². The van der Waals surface area contributed by atoms with Gasteiger partial charge < -0.3 is 19.9 Å².